The molecule has 1 atom stereocenters. The first-order chi connectivity index (χ1) is 10.2. The summed E-state index contributed by atoms with van der Waals surface area (Å²) in [6, 6.07) is 3.76. The van der Waals surface area contributed by atoms with Gasteiger partial charge in [-0.05, 0) is 24.5 Å². The summed E-state index contributed by atoms with van der Waals surface area (Å²) in [5.41, 5.74) is 3.26. The van der Waals surface area contributed by atoms with E-state index in [1.54, 1.807) is 0 Å². The lowest BCUT2D eigenvalue weighted by atomic mass is 9.99. The number of hydrogen-bond acceptors (Lipinski definition) is 2. The van der Waals surface area contributed by atoms with E-state index in [0.717, 1.165) is 18.9 Å². The minimum Gasteiger partial charge on any atom is -0.271 e. The summed E-state index contributed by atoms with van der Waals surface area (Å²) in [6.07, 6.45) is 10.1. The van der Waals surface area contributed by atoms with Gasteiger partial charge in [0, 0.05) is 12.1 Å². The Labute approximate surface area is 127 Å². The van der Waals surface area contributed by atoms with Crippen molar-refractivity contribution in [2.75, 3.05) is 0 Å². The predicted octanol–water partition coefficient (Wildman–Crippen LogP) is 4.48. The van der Waals surface area contributed by atoms with Gasteiger partial charge in [-0.15, -0.1) is 0 Å². The van der Waals surface area contributed by atoms with E-state index in [4.69, 9.17) is 5.84 Å². The fourth-order valence-corrected chi connectivity index (χ4v) is 2.54. The van der Waals surface area contributed by atoms with Crippen molar-refractivity contribution in [3.8, 4) is 0 Å². The summed E-state index contributed by atoms with van der Waals surface area (Å²) in [7, 11) is 0. The summed E-state index contributed by atoms with van der Waals surface area (Å²) >= 11 is 0. The van der Waals surface area contributed by atoms with Crippen molar-refractivity contribution in [1.82, 2.24) is 5.43 Å². The normalized spacial score (nSPS) is 12.6. The topological polar surface area (TPSA) is 38.0 Å². The molecule has 0 saturated heterocycles. The van der Waals surface area contributed by atoms with E-state index in [9.17, 15) is 8.78 Å². The molecule has 0 heterocycles. The monoisotopic (exact) mass is 298 g/mol. The first-order valence-electron chi connectivity index (χ1n) is 8.07. The van der Waals surface area contributed by atoms with Crippen molar-refractivity contribution in [3.63, 3.8) is 0 Å². The minimum absolute atomic E-state index is 0.0422. The average Bonchev–Trinajstić information content (AvgIpc) is 2.47. The summed E-state index contributed by atoms with van der Waals surface area (Å²) in [5.74, 6) is 4.50. The molecule has 120 valence electrons. The lowest BCUT2D eigenvalue weighted by Crippen LogP contribution is -2.36. The Morgan fingerprint density at radius 2 is 1.71 bits per heavy atom. The highest BCUT2D eigenvalue weighted by molar-refractivity contribution is 5.19. The van der Waals surface area contributed by atoms with Crippen molar-refractivity contribution in [1.29, 1.82) is 0 Å². The first kappa shape index (κ1) is 18.1. The van der Waals surface area contributed by atoms with Crippen LogP contribution in [0.2, 0.25) is 0 Å². The van der Waals surface area contributed by atoms with Crippen molar-refractivity contribution in [2.24, 2.45) is 5.84 Å². The van der Waals surface area contributed by atoms with Gasteiger partial charge in [-0.25, -0.2) is 8.78 Å². The molecular weight excluding hydrogens is 270 g/mol. The van der Waals surface area contributed by atoms with E-state index < -0.39 is 11.6 Å². The molecule has 1 rings (SSSR count). The smallest absolute Gasteiger partial charge is 0.129 e. The van der Waals surface area contributed by atoms with Gasteiger partial charge in [-0.3, -0.25) is 11.3 Å². The molecule has 0 radical (unpaired) electrons. The van der Waals surface area contributed by atoms with Gasteiger partial charge in [-0.2, -0.15) is 0 Å². The molecule has 0 fully saturated rings. The van der Waals surface area contributed by atoms with Crippen LogP contribution in [0.25, 0.3) is 0 Å². The number of nitrogens with one attached hydrogen (secondary N) is 1. The molecule has 1 aromatic carbocycles. The molecule has 0 aromatic heterocycles. The molecule has 0 spiro atoms. The standard InChI is InChI=1S/C17H28F2N2/c1-2-3-4-5-6-7-8-9-16(21-20)12-14-10-11-15(18)13-17(14)19/h10-11,13,16,21H,2-9,12,20H2,1H3. The van der Waals surface area contributed by atoms with Crippen LogP contribution in [0.3, 0.4) is 0 Å². The zero-order chi connectivity index (χ0) is 15.5. The number of hydrazine groups is 1. The van der Waals surface area contributed by atoms with Crippen LogP contribution in [0.15, 0.2) is 18.2 Å². The van der Waals surface area contributed by atoms with Crippen LogP contribution in [-0.4, -0.2) is 6.04 Å². The van der Waals surface area contributed by atoms with Crippen LogP contribution in [0.5, 0.6) is 0 Å². The molecule has 1 unspecified atom stereocenters. The van der Waals surface area contributed by atoms with E-state index in [0.29, 0.717) is 12.0 Å². The van der Waals surface area contributed by atoms with Gasteiger partial charge in [0.1, 0.15) is 11.6 Å². The Hall–Kier alpha value is -1.00. The van der Waals surface area contributed by atoms with Crippen LogP contribution in [0, 0.1) is 11.6 Å². The number of hydrogen-bond donors (Lipinski definition) is 2. The van der Waals surface area contributed by atoms with Gasteiger partial charge in [-0.1, -0.05) is 57.9 Å². The van der Waals surface area contributed by atoms with E-state index in [1.807, 2.05) is 0 Å². The third-order valence-corrected chi connectivity index (χ3v) is 3.87. The first-order valence-corrected chi connectivity index (χ1v) is 8.07. The van der Waals surface area contributed by atoms with Crippen LogP contribution >= 0.6 is 0 Å². The van der Waals surface area contributed by atoms with Crippen molar-refractivity contribution >= 4 is 0 Å². The van der Waals surface area contributed by atoms with Crippen molar-refractivity contribution < 1.29 is 8.78 Å². The predicted molar refractivity (Wildman–Crippen MR) is 83.8 cm³/mol. The van der Waals surface area contributed by atoms with Crippen molar-refractivity contribution in [2.45, 2.75) is 70.8 Å². The molecule has 0 saturated carbocycles. The molecule has 0 aliphatic heterocycles. The third kappa shape index (κ3) is 7.53. The lowest BCUT2D eigenvalue weighted by molar-refractivity contribution is 0.450. The minimum atomic E-state index is -0.541. The molecule has 0 aliphatic rings. The highest BCUT2D eigenvalue weighted by Crippen LogP contribution is 2.15. The molecule has 0 amide bonds. The van der Waals surface area contributed by atoms with E-state index >= 15 is 0 Å². The number of nitrogens with two attached hydrogens (primary N) is 1. The quantitative estimate of drug-likeness (QED) is 0.359. The number of halogens is 2. The Bertz CT molecular complexity index is 396. The molecule has 21 heavy (non-hydrogen) atoms. The Morgan fingerprint density at radius 3 is 2.33 bits per heavy atom. The van der Waals surface area contributed by atoms with Crippen LogP contribution < -0.4 is 11.3 Å². The highest BCUT2D eigenvalue weighted by Gasteiger charge is 2.11. The van der Waals surface area contributed by atoms with E-state index in [1.165, 1.54) is 50.7 Å². The Balaban J connectivity index is 2.25. The van der Waals surface area contributed by atoms with Crippen LogP contribution in [0.4, 0.5) is 8.78 Å². The maximum absolute atomic E-state index is 13.6. The molecular formula is C17H28F2N2. The largest absolute Gasteiger partial charge is 0.271 e. The second-order valence-corrected chi connectivity index (χ2v) is 5.71. The second kappa shape index (κ2) is 10.7. The maximum atomic E-state index is 13.6. The molecule has 4 heteroatoms. The van der Waals surface area contributed by atoms with Crippen LogP contribution in [0.1, 0.15) is 63.9 Å². The third-order valence-electron chi connectivity index (χ3n) is 3.87. The van der Waals surface area contributed by atoms with Gasteiger partial charge >= 0.3 is 0 Å². The SMILES string of the molecule is CCCCCCCCCC(Cc1ccc(F)cc1F)NN. The number of benzene rings is 1. The number of rotatable bonds is 11. The zero-order valence-corrected chi connectivity index (χ0v) is 13.0. The van der Waals surface area contributed by atoms with Crippen molar-refractivity contribution in [3.05, 3.63) is 35.4 Å². The number of unbranched alkanes of at least 4 members (excludes halogenated alkanes) is 6. The summed E-state index contributed by atoms with van der Waals surface area (Å²) in [5, 5.41) is 0. The Kier molecular flexibility index (Phi) is 9.19. The van der Waals surface area contributed by atoms with Gasteiger partial charge in [0.05, 0.1) is 0 Å². The fraction of sp³-hybridized carbons (Fsp3) is 0.647. The molecule has 0 bridgehead atoms. The zero-order valence-electron chi connectivity index (χ0n) is 13.0. The molecule has 0 aliphatic carbocycles. The molecule has 1 aromatic rings. The highest BCUT2D eigenvalue weighted by atomic mass is 19.1. The van der Waals surface area contributed by atoms with Gasteiger partial charge in [0.25, 0.3) is 0 Å². The van der Waals surface area contributed by atoms with Gasteiger partial charge in [0.2, 0.25) is 0 Å². The summed E-state index contributed by atoms with van der Waals surface area (Å²) < 4.78 is 26.5. The Morgan fingerprint density at radius 1 is 1.05 bits per heavy atom. The second-order valence-electron chi connectivity index (χ2n) is 5.71. The van der Waals surface area contributed by atoms with E-state index in [-0.39, 0.29) is 6.04 Å². The molecule has 2 nitrogen and oxygen atoms in total. The average molecular weight is 298 g/mol. The summed E-state index contributed by atoms with van der Waals surface area (Å²) in [6.45, 7) is 2.21. The summed E-state index contributed by atoms with van der Waals surface area (Å²) in [4.78, 5) is 0. The van der Waals surface area contributed by atoms with Gasteiger partial charge < -0.3 is 0 Å². The van der Waals surface area contributed by atoms with Gasteiger partial charge in [0.15, 0.2) is 0 Å². The fourth-order valence-electron chi connectivity index (χ4n) is 2.54. The lowest BCUT2D eigenvalue weighted by Gasteiger charge is -2.16. The molecule has 3 N–H and O–H groups in total. The maximum Gasteiger partial charge on any atom is 0.129 e. The van der Waals surface area contributed by atoms with Crippen LogP contribution in [-0.2, 0) is 6.42 Å². The van der Waals surface area contributed by atoms with E-state index in [2.05, 4.69) is 12.3 Å².